The Labute approximate surface area is 145 Å². The number of benzene rings is 1. The van der Waals surface area contributed by atoms with Gasteiger partial charge >= 0.3 is 7.60 Å². The molecular weight excluding hydrogens is 348 g/mol. The molecule has 0 aliphatic carbocycles. The zero-order chi connectivity index (χ0) is 18.2. The van der Waals surface area contributed by atoms with Gasteiger partial charge in [0.1, 0.15) is 0 Å². The van der Waals surface area contributed by atoms with Gasteiger partial charge in [-0.05, 0) is 38.2 Å². The van der Waals surface area contributed by atoms with Gasteiger partial charge in [0.2, 0.25) is 0 Å². The molecule has 0 heterocycles. The smallest absolute Gasteiger partial charge is 0.308 e. The molecule has 0 saturated carbocycles. The zero-order valence-electron chi connectivity index (χ0n) is 14.8. The Morgan fingerprint density at radius 1 is 1.08 bits per heavy atom. The number of non-ortho nitro benzene ring substituents is 1. The van der Waals surface area contributed by atoms with Crippen LogP contribution >= 0.6 is 15.5 Å². The highest BCUT2D eigenvalue weighted by molar-refractivity contribution is 7.74. The van der Waals surface area contributed by atoms with Crippen molar-refractivity contribution < 1.29 is 18.5 Å². The third-order valence-corrected chi connectivity index (χ3v) is 10.4. The highest BCUT2D eigenvalue weighted by atomic mass is 31.2. The van der Waals surface area contributed by atoms with Crippen LogP contribution in [0, 0.1) is 10.1 Å². The molecule has 0 N–H and O–H groups in total. The summed E-state index contributed by atoms with van der Waals surface area (Å²) in [4.78, 5) is 10.4. The number of rotatable bonds is 11. The van der Waals surface area contributed by atoms with Crippen molar-refractivity contribution >= 4 is 21.2 Å². The van der Waals surface area contributed by atoms with Crippen LogP contribution < -0.4 is 0 Å². The molecule has 0 amide bonds. The predicted octanol–water partition coefficient (Wildman–Crippen LogP) is 5.25. The van der Waals surface area contributed by atoms with Crippen LogP contribution in [0.1, 0.15) is 33.3 Å². The lowest BCUT2D eigenvalue weighted by Gasteiger charge is -2.32. The Bertz CT molecular complexity index is 550. The summed E-state index contributed by atoms with van der Waals surface area (Å²) in [6.45, 7) is 8.50. The molecule has 1 rings (SSSR count). The third-order valence-electron chi connectivity index (χ3n) is 3.78. The van der Waals surface area contributed by atoms with Gasteiger partial charge in [-0.2, -0.15) is 0 Å². The molecule has 0 spiro atoms. The average molecular weight is 375 g/mol. The SMILES string of the molecule is CCOP(=O)(OCC)C(Cc1ccc([N+](=O)[O-])cc1)P(CC)CC. The van der Waals surface area contributed by atoms with Gasteiger partial charge in [-0.15, -0.1) is 0 Å². The monoisotopic (exact) mass is 375 g/mol. The molecule has 6 nitrogen and oxygen atoms in total. The second-order valence-electron chi connectivity index (χ2n) is 5.20. The molecule has 0 bridgehead atoms. The van der Waals surface area contributed by atoms with E-state index in [9.17, 15) is 14.7 Å². The van der Waals surface area contributed by atoms with Gasteiger partial charge in [-0.25, -0.2) is 0 Å². The topological polar surface area (TPSA) is 78.7 Å². The largest absolute Gasteiger partial charge is 0.338 e. The fourth-order valence-electron chi connectivity index (χ4n) is 2.62. The Balaban J connectivity index is 3.13. The molecule has 136 valence electrons. The van der Waals surface area contributed by atoms with Crippen molar-refractivity contribution in [1.82, 2.24) is 0 Å². The van der Waals surface area contributed by atoms with Crippen molar-refractivity contribution in [1.29, 1.82) is 0 Å². The van der Waals surface area contributed by atoms with Crippen LogP contribution in [-0.2, 0) is 20.0 Å². The molecule has 0 aliphatic heterocycles. The number of nitro benzene ring substituents is 1. The number of nitrogens with zero attached hydrogens (tertiary/aromatic N) is 1. The fourth-order valence-corrected chi connectivity index (χ4v) is 8.93. The highest BCUT2D eigenvalue weighted by Gasteiger charge is 2.39. The lowest BCUT2D eigenvalue weighted by Crippen LogP contribution is -2.17. The van der Waals surface area contributed by atoms with Gasteiger partial charge in [-0.1, -0.05) is 33.9 Å². The van der Waals surface area contributed by atoms with E-state index in [1.54, 1.807) is 12.1 Å². The normalized spacial score (nSPS) is 13.2. The summed E-state index contributed by atoms with van der Waals surface area (Å²) in [6, 6.07) is 6.43. The number of hydrogen-bond donors (Lipinski definition) is 0. The lowest BCUT2D eigenvalue weighted by molar-refractivity contribution is -0.384. The Hall–Kier alpha value is -0.800. The van der Waals surface area contributed by atoms with E-state index in [0.717, 1.165) is 17.9 Å². The predicted molar refractivity (Wildman–Crippen MR) is 99.4 cm³/mol. The fraction of sp³-hybridized carbons (Fsp3) is 0.625. The van der Waals surface area contributed by atoms with Crippen molar-refractivity contribution in [2.24, 2.45) is 0 Å². The van der Waals surface area contributed by atoms with Gasteiger partial charge in [0.25, 0.3) is 5.69 Å². The van der Waals surface area contributed by atoms with E-state index >= 15 is 0 Å². The molecule has 24 heavy (non-hydrogen) atoms. The molecule has 1 aromatic rings. The summed E-state index contributed by atoms with van der Waals surface area (Å²) in [6.07, 6.45) is 2.42. The molecule has 0 aliphatic rings. The average Bonchev–Trinajstić information content (AvgIpc) is 2.56. The third kappa shape index (κ3) is 5.63. The van der Waals surface area contributed by atoms with Crippen LogP contribution in [0.4, 0.5) is 5.69 Å². The van der Waals surface area contributed by atoms with Crippen LogP contribution in [0.3, 0.4) is 0 Å². The number of hydrogen-bond acceptors (Lipinski definition) is 5. The standard InChI is InChI=1S/C16H27NO5P2/c1-5-21-24(20,22-6-2)16(23(7-3)8-4)13-14-9-11-15(12-10-14)17(18)19/h9-12,16H,5-8,13H2,1-4H3. The Morgan fingerprint density at radius 3 is 1.96 bits per heavy atom. The molecule has 8 heteroatoms. The Kier molecular flexibility index (Phi) is 9.07. The minimum absolute atomic E-state index is 0.0568. The van der Waals surface area contributed by atoms with E-state index in [2.05, 4.69) is 13.8 Å². The second kappa shape index (κ2) is 10.2. The summed E-state index contributed by atoms with van der Waals surface area (Å²) in [7, 11) is -3.74. The minimum atomic E-state index is -3.22. The first kappa shape index (κ1) is 21.2. The van der Waals surface area contributed by atoms with Gasteiger partial charge in [0, 0.05) is 12.1 Å². The van der Waals surface area contributed by atoms with Gasteiger partial charge in [-0.3, -0.25) is 14.7 Å². The van der Waals surface area contributed by atoms with Crippen molar-refractivity contribution in [3.05, 3.63) is 39.9 Å². The van der Waals surface area contributed by atoms with Crippen molar-refractivity contribution in [3.8, 4) is 0 Å². The van der Waals surface area contributed by atoms with Crippen LogP contribution in [0.2, 0.25) is 0 Å². The van der Waals surface area contributed by atoms with Crippen molar-refractivity contribution in [2.45, 2.75) is 39.5 Å². The molecule has 1 unspecified atom stereocenters. The summed E-state index contributed by atoms with van der Waals surface area (Å²) in [5.74, 6) is 0. The van der Waals surface area contributed by atoms with E-state index in [4.69, 9.17) is 9.05 Å². The van der Waals surface area contributed by atoms with E-state index in [1.807, 2.05) is 13.8 Å². The molecular formula is C16H27NO5P2. The summed E-state index contributed by atoms with van der Waals surface area (Å²) < 4.78 is 24.5. The molecule has 1 aromatic carbocycles. The summed E-state index contributed by atoms with van der Waals surface area (Å²) >= 11 is 0. The van der Waals surface area contributed by atoms with Gasteiger partial charge in [0.15, 0.2) is 0 Å². The summed E-state index contributed by atoms with van der Waals surface area (Å²) in [5, 5.41) is 10.6. The van der Waals surface area contributed by atoms with Crippen LogP contribution in [0.25, 0.3) is 0 Å². The van der Waals surface area contributed by atoms with Crippen LogP contribution in [-0.4, -0.2) is 35.9 Å². The summed E-state index contributed by atoms with van der Waals surface area (Å²) in [5.41, 5.74) is 0.973. The van der Waals surface area contributed by atoms with Crippen molar-refractivity contribution in [3.63, 3.8) is 0 Å². The minimum Gasteiger partial charge on any atom is -0.308 e. The van der Waals surface area contributed by atoms with Crippen LogP contribution in [0.15, 0.2) is 24.3 Å². The molecule has 1 atom stereocenters. The van der Waals surface area contributed by atoms with E-state index in [1.165, 1.54) is 12.1 Å². The molecule has 0 aromatic heterocycles. The maximum absolute atomic E-state index is 13.3. The second-order valence-corrected chi connectivity index (χ2v) is 10.9. The quantitative estimate of drug-likeness (QED) is 0.300. The maximum Gasteiger partial charge on any atom is 0.338 e. The maximum atomic E-state index is 13.3. The first-order chi connectivity index (χ1) is 11.4. The van der Waals surface area contributed by atoms with Crippen molar-refractivity contribution in [2.75, 3.05) is 25.5 Å². The van der Waals surface area contributed by atoms with Crippen LogP contribution in [0.5, 0.6) is 0 Å². The van der Waals surface area contributed by atoms with Gasteiger partial charge < -0.3 is 9.05 Å². The highest BCUT2D eigenvalue weighted by Crippen LogP contribution is 2.65. The van der Waals surface area contributed by atoms with E-state index in [-0.39, 0.29) is 11.1 Å². The number of nitro groups is 1. The lowest BCUT2D eigenvalue weighted by atomic mass is 10.1. The molecule has 0 saturated heterocycles. The zero-order valence-corrected chi connectivity index (χ0v) is 16.6. The molecule has 0 fully saturated rings. The first-order valence-electron chi connectivity index (χ1n) is 8.27. The first-order valence-corrected chi connectivity index (χ1v) is 11.7. The van der Waals surface area contributed by atoms with E-state index < -0.39 is 20.4 Å². The Morgan fingerprint density at radius 2 is 1.58 bits per heavy atom. The van der Waals surface area contributed by atoms with E-state index in [0.29, 0.717) is 19.6 Å². The molecule has 0 radical (unpaired) electrons. The van der Waals surface area contributed by atoms with Gasteiger partial charge in [0.05, 0.1) is 23.5 Å².